The summed E-state index contributed by atoms with van der Waals surface area (Å²) in [6.45, 7) is 3.34. The maximum absolute atomic E-state index is 4.05. The number of unbranched alkanes of at least 4 members (excludes halogenated alkanes) is 3. The SMILES string of the molecule is CCCCCC[n+]1cccnc1.[Cl-]. The van der Waals surface area contributed by atoms with Crippen LogP contribution in [-0.2, 0) is 6.54 Å². The Hall–Kier alpha value is -0.630. The van der Waals surface area contributed by atoms with Crippen LogP contribution in [0.15, 0.2) is 24.8 Å². The van der Waals surface area contributed by atoms with Crippen molar-refractivity contribution in [2.24, 2.45) is 0 Å². The minimum absolute atomic E-state index is 0. The highest BCUT2D eigenvalue weighted by atomic mass is 35.5. The Kier molecular flexibility index (Phi) is 7.60. The van der Waals surface area contributed by atoms with Crippen LogP contribution in [0.4, 0.5) is 0 Å². The van der Waals surface area contributed by atoms with Gasteiger partial charge in [0.05, 0.1) is 12.7 Å². The van der Waals surface area contributed by atoms with Crippen LogP contribution in [0.3, 0.4) is 0 Å². The lowest BCUT2D eigenvalue weighted by molar-refractivity contribution is -0.700. The summed E-state index contributed by atoms with van der Waals surface area (Å²) < 4.78 is 2.13. The Morgan fingerprint density at radius 2 is 2.08 bits per heavy atom. The van der Waals surface area contributed by atoms with Gasteiger partial charge in [0.15, 0.2) is 0 Å². The van der Waals surface area contributed by atoms with Gasteiger partial charge in [0.1, 0.15) is 6.20 Å². The zero-order chi connectivity index (χ0) is 8.65. The van der Waals surface area contributed by atoms with Crippen LogP contribution in [0.25, 0.3) is 0 Å². The van der Waals surface area contributed by atoms with Crippen LogP contribution < -0.4 is 17.0 Å². The van der Waals surface area contributed by atoms with Gasteiger partial charge < -0.3 is 12.4 Å². The molecule has 1 aromatic heterocycles. The second-order valence-corrected chi connectivity index (χ2v) is 3.05. The van der Waals surface area contributed by atoms with E-state index in [0.717, 1.165) is 6.54 Å². The lowest BCUT2D eigenvalue weighted by Gasteiger charge is -1.97. The van der Waals surface area contributed by atoms with E-state index in [-0.39, 0.29) is 12.4 Å². The Labute approximate surface area is 86.4 Å². The first kappa shape index (κ1) is 12.4. The summed E-state index contributed by atoms with van der Waals surface area (Å²) in [7, 11) is 0. The average Bonchev–Trinajstić information content (AvgIpc) is 2.14. The fourth-order valence-electron chi connectivity index (χ4n) is 1.21. The standard InChI is InChI=1S/C10H17N2.ClH/c1-2-3-4-5-8-12-9-6-7-11-10-12;/h6-7,9-10H,2-5,8H2,1H3;1H/q+1;/p-1. The van der Waals surface area contributed by atoms with E-state index in [1.165, 1.54) is 25.7 Å². The number of aromatic nitrogens is 2. The second-order valence-electron chi connectivity index (χ2n) is 3.05. The number of aryl methyl sites for hydroxylation is 1. The van der Waals surface area contributed by atoms with Crippen LogP contribution in [0, 0.1) is 0 Å². The molecular formula is C10H17ClN2. The predicted octanol–water partition coefficient (Wildman–Crippen LogP) is -1.05. The summed E-state index contributed by atoms with van der Waals surface area (Å²) in [5.41, 5.74) is 0. The van der Waals surface area contributed by atoms with Gasteiger partial charge >= 0.3 is 0 Å². The molecule has 0 fully saturated rings. The number of hydrogen-bond acceptors (Lipinski definition) is 1. The summed E-state index contributed by atoms with van der Waals surface area (Å²) in [4.78, 5) is 4.05. The van der Waals surface area contributed by atoms with Gasteiger partial charge in [-0.2, -0.15) is 0 Å². The van der Waals surface area contributed by atoms with E-state index in [2.05, 4.69) is 22.7 Å². The van der Waals surface area contributed by atoms with Crippen molar-refractivity contribution in [3.8, 4) is 0 Å². The molecule has 13 heavy (non-hydrogen) atoms. The van der Waals surface area contributed by atoms with Gasteiger partial charge in [-0.15, -0.1) is 0 Å². The van der Waals surface area contributed by atoms with Crippen LogP contribution in [0.1, 0.15) is 32.6 Å². The van der Waals surface area contributed by atoms with Gasteiger partial charge in [-0.25, -0.2) is 4.57 Å². The van der Waals surface area contributed by atoms with Crippen molar-refractivity contribution in [2.75, 3.05) is 0 Å². The lowest BCUT2D eigenvalue weighted by atomic mass is 10.2. The summed E-state index contributed by atoms with van der Waals surface area (Å²) >= 11 is 0. The highest BCUT2D eigenvalue weighted by molar-refractivity contribution is 4.68. The Balaban J connectivity index is 0.00000144. The van der Waals surface area contributed by atoms with Crippen LogP contribution in [0.2, 0.25) is 0 Å². The average molecular weight is 201 g/mol. The highest BCUT2D eigenvalue weighted by Gasteiger charge is 1.94. The first-order valence-corrected chi connectivity index (χ1v) is 4.72. The molecular weight excluding hydrogens is 184 g/mol. The van der Waals surface area contributed by atoms with E-state index >= 15 is 0 Å². The molecule has 0 spiro atoms. The molecule has 74 valence electrons. The van der Waals surface area contributed by atoms with Crippen molar-refractivity contribution in [3.63, 3.8) is 0 Å². The third-order valence-corrected chi connectivity index (χ3v) is 1.93. The lowest BCUT2D eigenvalue weighted by Crippen LogP contribution is -3.00. The smallest absolute Gasteiger partial charge is 0.286 e. The molecule has 2 nitrogen and oxygen atoms in total. The third-order valence-electron chi connectivity index (χ3n) is 1.93. The van der Waals surface area contributed by atoms with E-state index in [1.54, 1.807) is 0 Å². The molecule has 0 aliphatic heterocycles. The second kappa shape index (κ2) is 7.99. The quantitative estimate of drug-likeness (QED) is 0.438. The fourth-order valence-corrected chi connectivity index (χ4v) is 1.21. The van der Waals surface area contributed by atoms with Crippen LogP contribution >= 0.6 is 0 Å². The Morgan fingerprint density at radius 1 is 1.23 bits per heavy atom. The maximum Gasteiger partial charge on any atom is 0.286 e. The van der Waals surface area contributed by atoms with Crippen LogP contribution in [-0.4, -0.2) is 4.98 Å². The highest BCUT2D eigenvalue weighted by Crippen LogP contribution is 1.97. The van der Waals surface area contributed by atoms with Crippen molar-refractivity contribution in [2.45, 2.75) is 39.2 Å². The van der Waals surface area contributed by atoms with Gasteiger partial charge in [-0.3, -0.25) is 0 Å². The van der Waals surface area contributed by atoms with Gasteiger partial charge in [0, 0.05) is 6.07 Å². The van der Waals surface area contributed by atoms with E-state index in [0.29, 0.717) is 0 Å². The van der Waals surface area contributed by atoms with Gasteiger partial charge in [0.2, 0.25) is 0 Å². The third kappa shape index (κ3) is 5.58. The molecule has 0 amide bonds. The minimum Gasteiger partial charge on any atom is -1.00 e. The molecule has 0 radical (unpaired) electrons. The monoisotopic (exact) mass is 200 g/mol. The molecule has 0 aromatic carbocycles. The van der Waals surface area contributed by atoms with Crippen molar-refractivity contribution >= 4 is 0 Å². The van der Waals surface area contributed by atoms with E-state index in [4.69, 9.17) is 0 Å². The maximum atomic E-state index is 4.05. The zero-order valence-electron chi connectivity index (χ0n) is 8.12. The molecule has 0 N–H and O–H groups in total. The van der Waals surface area contributed by atoms with Crippen molar-refractivity contribution in [1.29, 1.82) is 0 Å². The molecule has 0 saturated carbocycles. The van der Waals surface area contributed by atoms with Crippen LogP contribution in [0.5, 0.6) is 0 Å². The molecule has 0 bridgehead atoms. The van der Waals surface area contributed by atoms with E-state index in [9.17, 15) is 0 Å². The Bertz CT molecular complexity index is 201. The molecule has 1 aromatic rings. The van der Waals surface area contributed by atoms with Gasteiger partial charge in [-0.05, 0) is 12.8 Å². The van der Waals surface area contributed by atoms with Crippen molar-refractivity contribution < 1.29 is 17.0 Å². The first-order chi connectivity index (χ1) is 5.93. The Morgan fingerprint density at radius 3 is 2.69 bits per heavy atom. The molecule has 0 aliphatic carbocycles. The number of rotatable bonds is 5. The van der Waals surface area contributed by atoms with Crippen molar-refractivity contribution in [1.82, 2.24) is 4.98 Å². The normalized spacial score (nSPS) is 9.31. The predicted molar refractivity (Wildman–Crippen MR) is 48.6 cm³/mol. The van der Waals surface area contributed by atoms with Gasteiger partial charge in [-0.1, -0.05) is 24.7 Å². The van der Waals surface area contributed by atoms with Crippen molar-refractivity contribution in [3.05, 3.63) is 24.8 Å². The van der Waals surface area contributed by atoms with Gasteiger partial charge in [0.25, 0.3) is 6.33 Å². The minimum atomic E-state index is 0. The molecule has 0 atom stereocenters. The topological polar surface area (TPSA) is 16.8 Å². The molecule has 0 aliphatic rings. The number of nitrogens with zero attached hydrogens (tertiary/aromatic N) is 2. The number of halogens is 1. The summed E-state index contributed by atoms with van der Waals surface area (Å²) in [6.07, 6.45) is 11.0. The summed E-state index contributed by atoms with van der Waals surface area (Å²) in [5, 5.41) is 0. The summed E-state index contributed by atoms with van der Waals surface area (Å²) in [6, 6.07) is 1.97. The fraction of sp³-hybridized carbons (Fsp3) is 0.600. The first-order valence-electron chi connectivity index (χ1n) is 4.72. The van der Waals surface area contributed by atoms with E-state index < -0.39 is 0 Å². The molecule has 3 heteroatoms. The molecule has 1 rings (SSSR count). The summed E-state index contributed by atoms with van der Waals surface area (Å²) in [5.74, 6) is 0. The molecule has 0 saturated heterocycles. The largest absolute Gasteiger partial charge is 1.00 e. The number of hydrogen-bond donors (Lipinski definition) is 0. The van der Waals surface area contributed by atoms with E-state index in [1.807, 2.05) is 18.6 Å². The molecule has 1 heterocycles. The zero-order valence-corrected chi connectivity index (χ0v) is 8.87. The molecule has 0 unspecified atom stereocenters.